The van der Waals surface area contributed by atoms with Crippen molar-refractivity contribution in [2.24, 2.45) is 16.5 Å². The molecule has 1 saturated heterocycles. The number of pyridine rings is 2. The smallest absolute Gasteiger partial charge is 0.259 e. The highest BCUT2D eigenvalue weighted by atomic mass is 32.2. The third-order valence-corrected chi connectivity index (χ3v) is 7.94. The molecule has 3 heterocycles. The Bertz CT molecular complexity index is 1310. The van der Waals surface area contributed by atoms with Gasteiger partial charge in [0.15, 0.2) is 5.03 Å². The van der Waals surface area contributed by atoms with Crippen LogP contribution in [0, 0.1) is 11.3 Å². The fourth-order valence-corrected chi connectivity index (χ4v) is 6.10. The number of primary sulfonamides is 1. The first-order valence-corrected chi connectivity index (χ1v) is 13.5. The van der Waals surface area contributed by atoms with E-state index in [-0.39, 0.29) is 46.6 Å². The lowest BCUT2D eigenvalue weighted by Gasteiger charge is -2.43. The molecular weight excluding hydrogens is 488 g/mol. The van der Waals surface area contributed by atoms with Crippen molar-refractivity contribution in [1.82, 2.24) is 9.97 Å². The molecule has 1 unspecified atom stereocenters. The molecule has 0 spiro atoms. The third-order valence-electron chi connectivity index (χ3n) is 7.14. The van der Waals surface area contributed by atoms with Gasteiger partial charge in [-0.05, 0) is 41.4 Å². The number of fused-ring (bicyclic) bond motifs is 1. The van der Waals surface area contributed by atoms with E-state index < -0.39 is 27.8 Å². The minimum atomic E-state index is -4.06. The zero-order valence-electron chi connectivity index (χ0n) is 21.2. The average Bonchev–Trinajstić information content (AvgIpc) is 2.73. The number of alkyl halides is 2. The largest absolute Gasteiger partial charge is 0.355 e. The van der Waals surface area contributed by atoms with Crippen molar-refractivity contribution in [3.8, 4) is 0 Å². The zero-order valence-corrected chi connectivity index (χ0v) is 22.0. The van der Waals surface area contributed by atoms with Gasteiger partial charge in [-0.25, -0.2) is 32.3 Å². The predicted octanol–water partition coefficient (Wildman–Crippen LogP) is 4.11. The van der Waals surface area contributed by atoms with Gasteiger partial charge in [0.25, 0.3) is 21.9 Å². The summed E-state index contributed by atoms with van der Waals surface area (Å²) in [5.41, 5.74) is 2.01. The molecule has 1 amide bonds. The van der Waals surface area contributed by atoms with Gasteiger partial charge >= 0.3 is 0 Å². The van der Waals surface area contributed by atoms with Crippen LogP contribution in [0.25, 0.3) is 0 Å². The number of aromatic nitrogens is 2. The number of carbonyl (C=O) groups excluding carboxylic acids is 1. The van der Waals surface area contributed by atoms with E-state index in [0.29, 0.717) is 12.2 Å². The summed E-state index contributed by atoms with van der Waals surface area (Å²) in [6, 6.07) is 4.45. The maximum atomic E-state index is 14.3. The summed E-state index contributed by atoms with van der Waals surface area (Å²) in [5.74, 6) is -3.83. The predicted molar refractivity (Wildman–Crippen MR) is 134 cm³/mol. The normalized spacial score (nSPS) is 22.6. The first-order chi connectivity index (χ1) is 16.5. The van der Waals surface area contributed by atoms with Crippen LogP contribution < -0.4 is 15.4 Å². The summed E-state index contributed by atoms with van der Waals surface area (Å²) in [7, 11) is -4.06. The Morgan fingerprint density at radius 3 is 2.56 bits per heavy atom. The Labute approximate surface area is 210 Å². The third kappa shape index (κ3) is 5.22. The topological polar surface area (TPSA) is 118 Å². The van der Waals surface area contributed by atoms with Gasteiger partial charge in [0, 0.05) is 49.1 Å². The van der Waals surface area contributed by atoms with Crippen LogP contribution in [-0.4, -0.2) is 43.3 Å². The number of amides is 1. The molecule has 2 aliphatic rings. The standard InChI is InChI=1S/C25H33F2N5O3S/c1-15-13-32(9-7-25(15,26)27)21-17(11-18-19(31-21)12-23(2,3)14-24(18,4)5)22(33)30-16-6-8-29-20(10-16)36(28,34)35/h6,8,10-11,15H,7,9,12-14H2,1-5H3,(H2,28,34,35)(H,29,30,33). The van der Waals surface area contributed by atoms with Crippen molar-refractivity contribution in [2.45, 2.75) is 70.2 Å². The van der Waals surface area contributed by atoms with Crippen molar-refractivity contribution in [1.29, 1.82) is 0 Å². The van der Waals surface area contributed by atoms with Gasteiger partial charge in [-0.2, -0.15) is 0 Å². The molecule has 1 fully saturated rings. The number of nitrogens with two attached hydrogens (primary N) is 1. The zero-order chi connectivity index (χ0) is 26.7. The number of nitrogens with one attached hydrogen (secondary N) is 1. The molecule has 2 aromatic heterocycles. The van der Waals surface area contributed by atoms with E-state index in [1.54, 1.807) is 4.90 Å². The van der Waals surface area contributed by atoms with Crippen molar-refractivity contribution in [2.75, 3.05) is 23.3 Å². The number of hydrogen-bond donors (Lipinski definition) is 2. The van der Waals surface area contributed by atoms with E-state index in [1.165, 1.54) is 25.3 Å². The van der Waals surface area contributed by atoms with Crippen molar-refractivity contribution in [3.05, 3.63) is 41.2 Å². The summed E-state index contributed by atoms with van der Waals surface area (Å²) >= 11 is 0. The monoisotopic (exact) mass is 521 g/mol. The van der Waals surface area contributed by atoms with Gasteiger partial charge in [0.2, 0.25) is 0 Å². The second-order valence-electron chi connectivity index (χ2n) is 11.5. The molecule has 0 saturated carbocycles. The van der Waals surface area contributed by atoms with E-state index >= 15 is 0 Å². The maximum absolute atomic E-state index is 14.3. The Balaban J connectivity index is 1.79. The van der Waals surface area contributed by atoms with Crippen LogP contribution in [0.5, 0.6) is 0 Å². The molecule has 1 aliphatic heterocycles. The van der Waals surface area contributed by atoms with E-state index in [0.717, 1.165) is 17.7 Å². The molecule has 3 N–H and O–H groups in total. The Morgan fingerprint density at radius 1 is 1.22 bits per heavy atom. The number of carbonyl (C=O) groups is 1. The van der Waals surface area contributed by atoms with Gasteiger partial charge < -0.3 is 10.2 Å². The molecule has 196 valence electrons. The minimum Gasteiger partial charge on any atom is -0.355 e. The molecule has 2 aromatic rings. The second kappa shape index (κ2) is 8.72. The van der Waals surface area contributed by atoms with Gasteiger partial charge in [-0.1, -0.05) is 34.6 Å². The Kier molecular flexibility index (Phi) is 6.40. The summed E-state index contributed by atoms with van der Waals surface area (Å²) in [5, 5.41) is 7.51. The van der Waals surface area contributed by atoms with Crippen LogP contribution in [0.15, 0.2) is 29.4 Å². The van der Waals surface area contributed by atoms with Crippen molar-refractivity contribution in [3.63, 3.8) is 0 Å². The fraction of sp³-hybridized carbons (Fsp3) is 0.560. The molecular formula is C25H33F2N5O3S. The lowest BCUT2D eigenvalue weighted by atomic mass is 9.64. The van der Waals surface area contributed by atoms with Gasteiger partial charge in [0.05, 0.1) is 5.56 Å². The quantitative estimate of drug-likeness (QED) is 0.625. The first kappa shape index (κ1) is 26.4. The number of piperidine rings is 1. The number of nitrogens with zero attached hydrogens (tertiary/aromatic N) is 3. The molecule has 8 nitrogen and oxygen atoms in total. The minimum absolute atomic E-state index is 0.00603. The van der Waals surface area contributed by atoms with Crippen molar-refractivity contribution < 1.29 is 22.0 Å². The van der Waals surface area contributed by atoms with E-state index in [2.05, 4.69) is 38.0 Å². The molecule has 0 aromatic carbocycles. The average molecular weight is 522 g/mol. The summed E-state index contributed by atoms with van der Waals surface area (Å²) < 4.78 is 51.9. The van der Waals surface area contributed by atoms with Crippen LogP contribution in [0.1, 0.15) is 69.1 Å². The highest BCUT2D eigenvalue weighted by molar-refractivity contribution is 7.89. The van der Waals surface area contributed by atoms with Crippen LogP contribution in [0.3, 0.4) is 0 Å². The summed E-state index contributed by atoms with van der Waals surface area (Å²) in [4.78, 5) is 24.0. The molecule has 11 heteroatoms. The molecule has 4 rings (SSSR count). The van der Waals surface area contributed by atoms with Crippen LogP contribution in [0.4, 0.5) is 20.3 Å². The maximum Gasteiger partial charge on any atom is 0.259 e. The summed E-state index contributed by atoms with van der Waals surface area (Å²) in [6.45, 7) is 10.2. The van der Waals surface area contributed by atoms with E-state index in [9.17, 15) is 22.0 Å². The SMILES string of the molecule is CC1CN(c2nc3c(cc2C(=O)Nc2ccnc(S(N)(=O)=O)c2)C(C)(C)CC(C)(C)C3)CCC1(F)F. The fourth-order valence-electron chi connectivity index (χ4n) is 5.60. The molecule has 1 atom stereocenters. The molecule has 36 heavy (non-hydrogen) atoms. The molecule has 0 radical (unpaired) electrons. The molecule has 1 aliphatic carbocycles. The van der Waals surface area contributed by atoms with E-state index in [1.807, 2.05) is 6.07 Å². The number of sulfonamides is 1. The lowest BCUT2D eigenvalue weighted by molar-refractivity contribution is -0.0652. The van der Waals surface area contributed by atoms with E-state index in [4.69, 9.17) is 10.1 Å². The Morgan fingerprint density at radius 2 is 1.92 bits per heavy atom. The molecule has 0 bridgehead atoms. The van der Waals surface area contributed by atoms with Crippen LogP contribution >= 0.6 is 0 Å². The van der Waals surface area contributed by atoms with Gasteiger partial charge in [-0.15, -0.1) is 0 Å². The number of hydrogen-bond acceptors (Lipinski definition) is 6. The van der Waals surface area contributed by atoms with Crippen molar-refractivity contribution >= 4 is 27.4 Å². The van der Waals surface area contributed by atoms with Gasteiger partial charge in [0.1, 0.15) is 5.82 Å². The number of anilines is 2. The Hall–Kier alpha value is -2.66. The second-order valence-corrected chi connectivity index (χ2v) is 13.0. The number of rotatable bonds is 4. The first-order valence-electron chi connectivity index (χ1n) is 12.0. The highest BCUT2D eigenvalue weighted by Crippen LogP contribution is 2.46. The summed E-state index contributed by atoms with van der Waals surface area (Å²) in [6.07, 6.45) is 2.51. The van der Waals surface area contributed by atoms with Crippen LogP contribution in [0.2, 0.25) is 0 Å². The lowest BCUT2D eigenvalue weighted by Crippen LogP contribution is -2.47. The number of halogens is 2. The highest BCUT2D eigenvalue weighted by Gasteiger charge is 2.44. The van der Waals surface area contributed by atoms with Gasteiger partial charge in [-0.3, -0.25) is 4.79 Å². The van der Waals surface area contributed by atoms with Crippen LogP contribution in [-0.2, 0) is 21.9 Å².